The molecule has 0 radical (unpaired) electrons. The molecule has 2 rings (SSSR count). The van der Waals surface area contributed by atoms with E-state index in [0.29, 0.717) is 17.2 Å². The molecule has 0 saturated carbocycles. The lowest BCUT2D eigenvalue weighted by Gasteiger charge is -2.11. The molecule has 0 aliphatic rings. The molecule has 0 unspecified atom stereocenters. The van der Waals surface area contributed by atoms with Crippen molar-refractivity contribution in [3.8, 4) is 0 Å². The van der Waals surface area contributed by atoms with Crippen LogP contribution in [0.1, 0.15) is 36.1 Å². The summed E-state index contributed by atoms with van der Waals surface area (Å²) >= 11 is 0. The predicted molar refractivity (Wildman–Crippen MR) is 80.1 cm³/mol. The van der Waals surface area contributed by atoms with Crippen LogP contribution in [0.3, 0.4) is 0 Å². The maximum Gasteiger partial charge on any atom is 0.276 e. The second kappa shape index (κ2) is 6.14. The number of nitrogens with one attached hydrogen (secondary N) is 2. The van der Waals surface area contributed by atoms with Crippen molar-refractivity contribution >= 4 is 17.3 Å². The molecular formula is C15H18N4O. The zero-order valence-electron chi connectivity index (χ0n) is 11.8. The number of carbonyl (C=O) groups excluding carboxylic acids is 1. The van der Waals surface area contributed by atoms with Crippen molar-refractivity contribution in [3.05, 3.63) is 48.0 Å². The van der Waals surface area contributed by atoms with E-state index in [1.807, 2.05) is 44.2 Å². The lowest BCUT2D eigenvalue weighted by atomic mass is 10.2. The normalized spacial score (nSPS) is 10.4. The van der Waals surface area contributed by atoms with Crippen LogP contribution in [0.5, 0.6) is 0 Å². The number of benzene rings is 1. The first kappa shape index (κ1) is 14.0. The molecule has 104 valence electrons. The number of hydrogen-bond acceptors (Lipinski definition) is 4. The van der Waals surface area contributed by atoms with Gasteiger partial charge in [-0.05, 0) is 12.1 Å². The quantitative estimate of drug-likeness (QED) is 0.896. The minimum absolute atomic E-state index is 0.171. The van der Waals surface area contributed by atoms with E-state index in [2.05, 4.69) is 20.6 Å². The van der Waals surface area contributed by atoms with Crippen LogP contribution in [0, 0.1) is 0 Å². The van der Waals surface area contributed by atoms with Crippen molar-refractivity contribution in [3.63, 3.8) is 0 Å². The summed E-state index contributed by atoms with van der Waals surface area (Å²) in [6.07, 6.45) is 1.64. The number of para-hydroxylation sites is 1. The van der Waals surface area contributed by atoms with Gasteiger partial charge in [0.25, 0.3) is 5.91 Å². The van der Waals surface area contributed by atoms with E-state index in [4.69, 9.17) is 0 Å². The van der Waals surface area contributed by atoms with Crippen LogP contribution in [0.4, 0.5) is 11.4 Å². The van der Waals surface area contributed by atoms with Crippen LogP contribution in [-0.4, -0.2) is 22.9 Å². The van der Waals surface area contributed by atoms with E-state index in [1.54, 1.807) is 13.2 Å². The number of amides is 1. The Morgan fingerprint density at radius 2 is 1.90 bits per heavy atom. The van der Waals surface area contributed by atoms with Gasteiger partial charge in [-0.2, -0.15) is 0 Å². The third kappa shape index (κ3) is 3.12. The lowest BCUT2D eigenvalue weighted by molar-refractivity contribution is 0.102. The van der Waals surface area contributed by atoms with E-state index in [1.165, 1.54) is 0 Å². The molecule has 0 aliphatic heterocycles. The van der Waals surface area contributed by atoms with Crippen molar-refractivity contribution in [1.82, 2.24) is 9.97 Å². The van der Waals surface area contributed by atoms with Gasteiger partial charge in [-0.3, -0.25) is 4.79 Å². The Morgan fingerprint density at radius 1 is 1.20 bits per heavy atom. The predicted octanol–water partition coefficient (Wildman–Crippen LogP) is 2.89. The second-order valence-corrected chi connectivity index (χ2v) is 4.72. The molecule has 1 aromatic carbocycles. The highest BCUT2D eigenvalue weighted by Crippen LogP contribution is 2.17. The summed E-state index contributed by atoms with van der Waals surface area (Å²) in [5, 5.41) is 5.77. The minimum atomic E-state index is -0.246. The summed E-state index contributed by atoms with van der Waals surface area (Å²) in [7, 11) is 1.74. The van der Waals surface area contributed by atoms with E-state index in [9.17, 15) is 4.79 Å². The Kier molecular flexibility index (Phi) is 4.30. The maximum atomic E-state index is 12.3. The van der Waals surface area contributed by atoms with Gasteiger partial charge in [-0.25, -0.2) is 9.97 Å². The number of hydrogen-bond donors (Lipinski definition) is 2. The maximum absolute atomic E-state index is 12.3. The molecule has 20 heavy (non-hydrogen) atoms. The molecular weight excluding hydrogens is 252 g/mol. The molecule has 0 spiro atoms. The standard InChI is InChI=1S/C15H18N4O/c1-10(2)14-17-9-12(16-3)13(19-14)15(20)18-11-7-5-4-6-8-11/h4-10,16H,1-3H3,(H,18,20). The van der Waals surface area contributed by atoms with Crippen LogP contribution in [0.25, 0.3) is 0 Å². The minimum Gasteiger partial charge on any atom is -0.385 e. The Hall–Kier alpha value is -2.43. The summed E-state index contributed by atoms with van der Waals surface area (Å²) < 4.78 is 0. The molecule has 1 heterocycles. The fourth-order valence-corrected chi connectivity index (χ4v) is 1.74. The molecule has 5 heteroatoms. The first-order valence-electron chi connectivity index (χ1n) is 6.53. The third-order valence-electron chi connectivity index (χ3n) is 2.84. The monoisotopic (exact) mass is 270 g/mol. The first-order chi connectivity index (χ1) is 9.61. The fraction of sp³-hybridized carbons (Fsp3) is 0.267. The molecule has 1 amide bonds. The van der Waals surface area contributed by atoms with Crippen molar-refractivity contribution < 1.29 is 4.79 Å². The van der Waals surface area contributed by atoms with E-state index >= 15 is 0 Å². The highest BCUT2D eigenvalue weighted by Gasteiger charge is 2.16. The van der Waals surface area contributed by atoms with E-state index in [0.717, 1.165) is 5.69 Å². The van der Waals surface area contributed by atoms with Gasteiger partial charge in [0.1, 0.15) is 5.82 Å². The van der Waals surface area contributed by atoms with Gasteiger partial charge in [0.2, 0.25) is 0 Å². The molecule has 0 atom stereocenters. The largest absolute Gasteiger partial charge is 0.385 e. The summed E-state index contributed by atoms with van der Waals surface area (Å²) in [4.78, 5) is 20.9. The van der Waals surface area contributed by atoms with E-state index < -0.39 is 0 Å². The van der Waals surface area contributed by atoms with Crippen LogP contribution in [0.2, 0.25) is 0 Å². The summed E-state index contributed by atoms with van der Waals surface area (Å²) in [6, 6.07) is 9.31. The molecule has 1 aromatic heterocycles. The zero-order chi connectivity index (χ0) is 14.5. The van der Waals surface area contributed by atoms with Crippen molar-refractivity contribution in [1.29, 1.82) is 0 Å². The smallest absolute Gasteiger partial charge is 0.276 e. The summed E-state index contributed by atoms with van der Waals surface area (Å²) in [5.74, 6) is 0.580. The molecule has 2 aromatic rings. The van der Waals surface area contributed by atoms with Gasteiger partial charge in [0.05, 0.1) is 11.9 Å². The third-order valence-corrected chi connectivity index (χ3v) is 2.84. The average molecular weight is 270 g/mol. The van der Waals surface area contributed by atoms with Crippen molar-refractivity contribution in [2.24, 2.45) is 0 Å². The highest BCUT2D eigenvalue weighted by molar-refractivity contribution is 6.06. The van der Waals surface area contributed by atoms with Gasteiger partial charge in [0.15, 0.2) is 5.69 Å². The van der Waals surface area contributed by atoms with Gasteiger partial charge < -0.3 is 10.6 Å². The number of aromatic nitrogens is 2. The lowest BCUT2D eigenvalue weighted by Crippen LogP contribution is -2.17. The Labute approximate surface area is 118 Å². The Balaban J connectivity index is 2.30. The molecule has 5 nitrogen and oxygen atoms in total. The molecule has 0 saturated heterocycles. The Morgan fingerprint density at radius 3 is 2.50 bits per heavy atom. The van der Waals surface area contributed by atoms with Gasteiger partial charge in [-0.1, -0.05) is 32.0 Å². The number of nitrogens with zero attached hydrogens (tertiary/aromatic N) is 2. The van der Waals surface area contributed by atoms with E-state index in [-0.39, 0.29) is 11.8 Å². The highest BCUT2D eigenvalue weighted by atomic mass is 16.1. The van der Waals surface area contributed by atoms with Crippen LogP contribution in [-0.2, 0) is 0 Å². The summed E-state index contributed by atoms with van der Waals surface area (Å²) in [5.41, 5.74) is 1.71. The molecule has 2 N–H and O–H groups in total. The second-order valence-electron chi connectivity index (χ2n) is 4.72. The SMILES string of the molecule is CNc1cnc(C(C)C)nc1C(=O)Nc1ccccc1. The Bertz CT molecular complexity index is 596. The molecule has 0 aliphatic carbocycles. The van der Waals surface area contributed by atoms with Crippen LogP contribution >= 0.6 is 0 Å². The number of carbonyl (C=O) groups is 1. The van der Waals surface area contributed by atoms with Gasteiger partial charge >= 0.3 is 0 Å². The van der Waals surface area contributed by atoms with Gasteiger partial charge in [-0.15, -0.1) is 0 Å². The van der Waals surface area contributed by atoms with Crippen LogP contribution in [0.15, 0.2) is 36.5 Å². The number of rotatable bonds is 4. The van der Waals surface area contributed by atoms with Crippen molar-refractivity contribution in [2.75, 3.05) is 17.7 Å². The first-order valence-corrected chi connectivity index (χ1v) is 6.53. The summed E-state index contributed by atoms with van der Waals surface area (Å²) in [6.45, 7) is 3.99. The number of anilines is 2. The molecule has 0 bridgehead atoms. The van der Waals surface area contributed by atoms with Gasteiger partial charge in [0, 0.05) is 18.7 Å². The molecule has 0 fully saturated rings. The topological polar surface area (TPSA) is 66.9 Å². The fourth-order valence-electron chi connectivity index (χ4n) is 1.74. The zero-order valence-corrected chi connectivity index (χ0v) is 11.8. The van der Waals surface area contributed by atoms with Crippen LogP contribution < -0.4 is 10.6 Å². The average Bonchev–Trinajstić information content (AvgIpc) is 2.47. The van der Waals surface area contributed by atoms with Crippen molar-refractivity contribution in [2.45, 2.75) is 19.8 Å².